The fourth-order valence-electron chi connectivity index (χ4n) is 2.16. The standard InChI is InChI=1S/C20H29NO6/c1-6-25-12-15(11-14(2)18(22)23)13-26-17-9-7-16(8-10-17)21-19(24)27-20(3,4)5/h7-10,15H,2,6,11-13H2,1,3-5H3,(H,21,24)(H,22,23). The van der Waals surface area contributed by atoms with Crippen molar-refractivity contribution in [2.75, 3.05) is 25.1 Å². The predicted octanol–water partition coefficient (Wildman–Crippen LogP) is 4.10. The zero-order valence-corrected chi connectivity index (χ0v) is 16.4. The van der Waals surface area contributed by atoms with Gasteiger partial charge in [0.05, 0.1) is 13.2 Å². The lowest BCUT2D eigenvalue weighted by atomic mass is 10.0. The Bertz CT molecular complexity index is 633. The number of hydrogen-bond acceptors (Lipinski definition) is 5. The number of nitrogens with one attached hydrogen (secondary N) is 1. The predicted molar refractivity (Wildman–Crippen MR) is 103 cm³/mol. The second kappa shape index (κ2) is 10.6. The molecule has 0 aliphatic rings. The highest BCUT2D eigenvalue weighted by Gasteiger charge is 2.17. The molecule has 27 heavy (non-hydrogen) atoms. The number of carboxylic acids is 1. The van der Waals surface area contributed by atoms with Crippen molar-refractivity contribution in [3.8, 4) is 5.75 Å². The zero-order chi connectivity index (χ0) is 20.4. The first-order valence-electron chi connectivity index (χ1n) is 8.82. The molecule has 0 aliphatic heterocycles. The van der Waals surface area contributed by atoms with E-state index in [4.69, 9.17) is 19.3 Å². The molecule has 0 heterocycles. The third kappa shape index (κ3) is 9.65. The maximum Gasteiger partial charge on any atom is 0.412 e. The lowest BCUT2D eigenvalue weighted by Gasteiger charge is -2.20. The Hall–Kier alpha value is -2.54. The van der Waals surface area contributed by atoms with E-state index in [2.05, 4.69) is 11.9 Å². The van der Waals surface area contributed by atoms with Gasteiger partial charge in [-0.05, 0) is 58.4 Å². The van der Waals surface area contributed by atoms with Gasteiger partial charge in [-0.1, -0.05) is 6.58 Å². The molecule has 7 nitrogen and oxygen atoms in total. The molecule has 2 N–H and O–H groups in total. The number of anilines is 1. The maximum absolute atomic E-state index is 11.8. The first kappa shape index (κ1) is 22.5. The Kier molecular flexibility index (Phi) is 8.81. The molecular formula is C20H29NO6. The lowest BCUT2D eigenvalue weighted by Crippen LogP contribution is -2.27. The van der Waals surface area contributed by atoms with Gasteiger partial charge < -0.3 is 19.3 Å². The van der Waals surface area contributed by atoms with Gasteiger partial charge in [0.1, 0.15) is 11.4 Å². The van der Waals surface area contributed by atoms with Crippen molar-refractivity contribution < 1.29 is 28.9 Å². The molecule has 1 aromatic carbocycles. The van der Waals surface area contributed by atoms with Crippen LogP contribution >= 0.6 is 0 Å². The van der Waals surface area contributed by atoms with Crippen LogP contribution in [0.1, 0.15) is 34.1 Å². The van der Waals surface area contributed by atoms with Crippen LogP contribution in [0, 0.1) is 5.92 Å². The summed E-state index contributed by atoms with van der Waals surface area (Å²) in [6.45, 7) is 12.0. The second-order valence-electron chi connectivity index (χ2n) is 7.10. The summed E-state index contributed by atoms with van der Waals surface area (Å²) >= 11 is 0. The summed E-state index contributed by atoms with van der Waals surface area (Å²) in [5.74, 6) is -0.533. The van der Waals surface area contributed by atoms with Gasteiger partial charge in [-0.15, -0.1) is 0 Å². The van der Waals surface area contributed by atoms with E-state index in [1.807, 2.05) is 6.92 Å². The number of hydrogen-bond donors (Lipinski definition) is 2. The smallest absolute Gasteiger partial charge is 0.412 e. The van der Waals surface area contributed by atoms with Crippen molar-refractivity contribution in [1.82, 2.24) is 0 Å². The number of aliphatic carboxylic acids is 1. The van der Waals surface area contributed by atoms with E-state index < -0.39 is 17.7 Å². The molecule has 1 unspecified atom stereocenters. The van der Waals surface area contributed by atoms with Crippen molar-refractivity contribution >= 4 is 17.7 Å². The number of carboxylic acid groups (broad SMARTS) is 1. The van der Waals surface area contributed by atoms with Crippen LogP contribution in [0.2, 0.25) is 0 Å². The molecule has 7 heteroatoms. The zero-order valence-electron chi connectivity index (χ0n) is 16.4. The number of carbonyl (C=O) groups is 2. The first-order valence-corrected chi connectivity index (χ1v) is 8.82. The van der Waals surface area contributed by atoms with Gasteiger partial charge in [-0.2, -0.15) is 0 Å². The highest BCUT2D eigenvalue weighted by molar-refractivity contribution is 5.85. The van der Waals surface area contributed by atoms with Crippen LogP contribution in [0.4, 0.5) is 10.5 Å². The van der Waals surface area contributed by atoms with Gasteiger partial charge >= 0.3 is 12.1 Å². The molecule has 0 saturated carbocycles. The molecule has 1 amide bonds. The van der Waals surface area contributed by atoms with E-state index >= 15 is 0 Å². The Morgan fingerprint density at radius 1 is 1.19 bits per heavy atom. The molecule has 1 aromatic rings. The number of amides is 1. The topological polar surface area (TPSA) is 94.1 Å². The third-order valence-corrected chi connectivity index (χ3v) is 3.38. The fraction of sp³-hybridized carbons (Fsp3) is 0.500. The number of carbonyl (C=O) groups excluding carboxylic acids is 1. The number of benzene rings is 1. The van der Waals surface area contributed by atoms with Crippen LogP contribution in [0.3, 0.4) is 0 Å². The summed E-state index contributed by atoms with van der Waals surface area (Å²) in [4.78, 5) is 22.7. The van der Waals surface area contributed by atoms with Crippen molar-refractivity contribution in [3.63, 3.8) is 0 Å². The van der Waals surface area contributed by atoms with Gasteiger partial charge in [0.25, 0.3) is 0 Å². The summed E-state index contributed by atoms with van der Waals surface area (Å²) < 4.78 is 16.3. The molecule has 0 radical (unpaired) electrons. The van der Waals surface area contributed by atoms with Crippen LogP contribution < -0.4 is 10.1 Å². The van der Waals surface area contributed by atoms with Crippen molar-refractivity contribution in [1.29, 1.82) is 0 Å². The van der Waals surface area contributed by atoms with Crippen LogP contribution in [-0.2, 0) is 14.3 Å². The average molecular weight is 379 g/mol. The van der Waals surface area contributed by atoms with Gasteiger partial charge in [0.2, 0.25) is 0 Å². The molecule has 0 saturated heterocycles. The minimum absolute atomic E-state index is 0.117. The second-order valence-corrected chi connectivity index (χ2v) is 7.10. The van der Waals surface area contributed by atoms with Crippen molar-refractivity contribution in [3.05, 3.63) is 36.4 Å². The third-order valence-electron chi connectivity index (χ3n) is 3.38. The van der Waals surface area contributed by atoms with E-state index in [9.17, 15) is 9.59 Å². The summed E-state index contributed by atoms with van der Waals surface area (Å²) in [6.07, 6.45) is -0.242. The SMILES string of the molecule is C=C(CC(COCC)COc1ccc(NC(=O)OC(C)(C)C)cc1)C(=O)O. The summed E-state index contributed by atoms with van der Waals surface area (Å²) in [5, 5.41) is 11.6. The molecule has 1 atom stereocenters. The molecule has 0 spiro atoms. The minimum atomic E-state index is -1.02. The van der Waals surface area contributed by atoms with Crippen molar-refractivity contribution in [2.45, 2.75) is 39.7 Å². The lowest BCUT2D eigenvalue weighted by molar-refractivity contribution is -0.133. The highest BCUT2D eigenvalue weighted by Crippen LogP contribution is 2.19. The van der Waals surface area contributed by atoms with Gasteiger partial charge in [-0.3, -0.25) is 5.32 Å². The van der Waals surface area contributed by atoms with Crippen LogP contribution in [0.25, 0.3) is 0 Å². The van der Waals surface area contributed by atoms with E-state index in [-0.39, 0.29) is 17.9 Å². The van der Waals surface area contributed by atoms with E-state index in [1.165, 1.54) is 0 Å². The monoisotopic (exact) mass is 379 g/mol. The summed E-state index contributed by atoms with van der Waals surface area (Å²) in [6, 6.07) is 6.84. The van der Waals surface area contributed by atoms with Gasteiger partial charge in [-0.25, -0.2) is 9.59 Å². The normalized spacial score (nSPS) is 12.1. The van der Waals surface area contributed by atoms with Crippen LogP contribution in [0.5, 0.6) is 5.75 Å². The quantitative estimate of drug-likeness (QED) is 0.595. The Morgan fingerprint density at radius 2 is 1.81 bits per heavy atom. The minimum Gasteiger partial charge on any atom is -0.493 e. The summed E-state index contributed by atoms with van der Waals surface area (Å²) in [5.41, 5.74) is 0.143. The first-order chi connectivity index (χ1) is 12.6. The summed E-state index contributed by atoms with van der Waals surface area (Å²) in [7, 11) is 0. The van der Waals surface area contributed by atoms with Crippen LogP contribution in [0.15, 0.2) is 36.4 Å². The number of ether oxygens (including phenoxy) is 3. The van der Waals surface area contributed by atoms with E-state index in [0.717, 1.165) is 0 Å². The van der Waals surface area contributed by atoms with E-state index in [0.29, 0.717) is 31.3 Å². The average Bonchev–Trinajstić information content (AvgIpc) is 2.56. The molecule has 0 fully saturated rings. The Balaban J connectivity index is 2.57. The molecule has 0 aromatic heterocycles. The largest absolute Gasteiger partial charge is 0.493 e. The molecule has 0 aliphatic carbocycles. The maximum atomic E-state index is 11.8. The Morgan fingerprint density at radius 3 is 2.33 bits per heavy atom. The highest BCUT2D eigenvalue weighted by atomic mass is 16.6. The van der Waals surface area contributed by atoms with Crippen molar-refractivity contribution in [2.24, 2.45) is 5.92 Å². The fourth-order valence-corrected chi connectivity index (χ4v) is 2.16. The van der Waals surface area contributed by atoms with Crippen LogP contribution in [-0.4, -0.2) is 42.6 Å². The van der Waals surface area contributed by atoms with Gasteiger partial charge in [0.15, 0.2) is 0 Å². The van der Waals surface area contributed by atoms with Gasteiger partial charge in [0, 0.05) is 23.8 Å². The molecule has 1 rings (SSSR count). The molecular weight excluding hydrogens is 350 g/mol. The molecule has 0 bridgehead atoms. The Labute approximate surface area is 160 Å². The van der Waals surface area contributed by atoms with E-state index in [1.54, 1.807) is 45.0 Å². The molecule has 150 valence electrons. The number of rotatable bonds is 10.